The van der Waals surface area contributed by atoms with Gasteiger partial charge in [0.15, 0.2) is 11.5 Å². The van der Waals surface area contributed by atoms with Gasteiger partial charge < -0.3 is 15.7 Å². The molecule has 11 heteroatoms. The molecule has 1 saturated heterocycles. The molecule has 1 aliphatic heterocycles. The molecule has 1 unspecified atom stereocenters. The van der Waals surface area contributed by atoms with Crippen molar-refractivity contribution in [2.24, 2.45) is 7.05 Å². The van der Waals surface area contributed by atoms with Gasteiger partial charge in [0.25, 0.3) is 0 Å². The number of aromatic nitrogens is 6. The number of hydrogen-bond acceptors (Lipinski definition) is 8. The Bertz CT molecular complexity index is 1230. The first kappa shape index (κ1) is 19.2. The maximum absolute atomic E-state index is 10.4. The molecule has 5 rings (SSSR count). The van der Waals surface area contributed by atoms with Crippen LogP contribution in [-0.4, -0.2) is 66.4 Å². The van der Waals surface area contributed by atoms with Crippen molar-refractivity contribution in [3.05, 3.63) is 35.1 Å². The first-order chi connectivity index (χ1) is 14.5. The zero-order valence-electron chi connectivity index (χ0n) is 16.6. The van der Waals surface area contributed by atoms with Gasteiger partial charge >= 0.3 is 0 Å². The van der Waals surface area contributed by atoms with Crippen LogP contribution in [-0.2, 0) is 7.05 Å². The minimum Gasteiger partial charge on any atom is -0.376 e. The Morgan fingerprint density at radius 3 is 2.90 bits per heavy atom. The summed E-state index contributed by atoms with van der Waals surface area (Å²) in [5.74, 6) is 1.01. The molecule has 0 bridgehead atoms. The summed E-state index contributed by atoms with van der Waals surface area (Å²) in [6.07, 6.45) is 1.16. The molecular weight excluding hydrogens is 406 g/mol. The molecular formula is C19H22ClN9O. The number of nitrogens with zero attached hydrogens (tertiary/aromatic N) is 6. The van der Waals surface area contributed by atoms with E-state index in [1.54, 1.807) is 15.3 Å². The lowest BCUT2D eigenvalue weighted by Gasteiger charge is -2.22. The number of fused-ring (bicyclic) bond motifs is 3. The summed E-state index contributed by atoms with van der Waals surface area (Å²) in [5.41, 5.74) is 2.94. The summed E-state index contributed by atoms with van der Waals surface area (Å²) in [6.45, 7) is 3.95. The molecule has 3 aromatic heterocycles. The standard InChI is InChI=1S/C19H22ClN9O/c1-10-12(9-28(2)26-10)16-25-17-11-4-3-5-13(20)15(11)24-19(29(17)27-16)23-14-8-21-6-7-22-18(14)30/h3-5,9,14,18,21-22,30H,6-8H2,1-2H3,(H,23,24)/t14-,18?/m1/s1. The van der Waals surface area contributed by atoms with Gasteiger partial charge in [0.2, 0.25) is 5.95 Å². The quantitative estimate of drug-likeness (QED) is 0.381. The van der Waals surface area contributed by atoms with Crippen LogP contribution in [0.2, 0.25) is 5.02 Å². The third-order valence-electron chi connectivity index (χ3n) is 5.22. The number of anilines is 1. The predicted molar refractivity (Wildman–Crippen MR) is 115 cm³/mol. The summed E-state index contributed by atoms with van der Waals surface area (Å²) in [6, 6.07) is 5.27. The predicted octanol–water partition coefficient (Wildman–Crippen LogP) is 0.932. The largest absolute Gasteiger partial charge is 0.376 e. The zero-order chi connectivity index (χ0) is 20.8. The molecule has 4 aromatic rings. The normalized spacial score (nSPS) is 20.0. The van der Waals surface area contributed by atoms with Crippen molar-refractivity contribution < 1.29 is 5.11 Å². The topological polar surface area (TPSA) is 117 Å². The highest BCUT2D eigenvalue weighted by atomic mass is 35.5. The fourth-order valence-corrected chi connectivity index (χ4v) is 3.96. The lowest BCUT2D eigenvalue weighted by atomic mass is 10.2. The van der Waals surface area contributed by atoms with E-state index in [-0.39, 0.29) is 6.04 Å². The SMILES string of the molecule is Cc1nn(C)cc1-c1nc2c3cccc(Cl)c3nc(N[C@@H]3CNCCNC3O)n2n1. The van der Waals surface area contributed by atoms with Crippen molar-refractivity contribution in [3.63, 3.8) is 0 Å². The smallest absolute Gasteiger partial charge is 0.226 e. The van der Waals surface area contributed by atoms with Gasteiger partial charge in [-0.15, -0.1) is 5.10 Å². The van der Waals surface area contributed by atoms with Gasteiger partial charge in [-0.2, -0.15) is 9.61 Å². The average molecular weight is 428 g/mol. The Labute approximate surface area is 177 Å². The number of nitrogens with one attached hydrogen (secondary N) is 3. The third kappa shape index (κ3) is 3.27. The fourth-order valence-electron chi connectivity index (χ4n) is 3.74. The van der Waals surface area contributed by atoms with Crippen LogP contribution in [0.1, 0.15) is 5.69 Å². The van der Waals surface area contributed by atoms with Crippen molar-refractivity contribution in [1.82, 2.24) is 40.0 Å². The monoisotopic (exact) mass is 427 g/mol. The fraction of sp³-hybridized carbons (Fsp3) is 0.368. The number of aryl methyl sites for hydroxylation is 2. The van der Waals surface area contributed by atoms with E-state index in [9.17, 15) is 5.11 Å². The summed E-state index contributed by atoms with van der Waals surface area (Å²) in [4.78, 5) is 9.51. The van der Waals surface area contributed by atoms with Gasteiger partial charge in [-0.25, -0.2) is 9.97 Å². The molecule has 0 saturated carbocycles. The van der Waals surface area contributed by atoms with Gasteiger partial charge in [0, 0.05) is 38.3 Å². The van der Waals surface area contributed by atoms with Crippen molar-refractivity contribution in [2.75, 3.05) is 25.0 Å². The molecule has 0 radical (unpaired) electrons. The summed E-state index contributed by atoms with van der Waals surface area (Å²) in [5, 5.41) is 30.6. The lowest BCUT2D eigenvalue weighted by molar-refractivity contribution is 0.125. The van der Waals surface area contributed by atoms with Crippen molar-refractivity contribution in [3.8, 4) is 11.4 Å². The Kier molecular flexibility index (Phi) is 4.78. The van der Waals surface area contributed by atoms with Crippen LogP contribution in [0.15, 0.2) is 24.4 Å². The molecule has 30 heavy (non-hydrogen) atoms. The lowest BCUT2D eigenvalue weighted by Crippen LogP contribution is -2.46. The molecule has 2 atom stereocenters. The van der Waals surface area contributed by atoms with E-state index < -0.39 is 6.23 Å². The molecule has 0 amide bonds. The maximum Gasteiger partial charge on any atom is 0.226 e. The van der Waals surface area contributed by atoms with Crippen LogP contribution in [0.3, 0.4) is 0 Å². The Balaban J connectivity index is 1.70. The minimum absolute atomic E-state index is 0.309. The summed E-state index contributed by atoms with van der Waals surface area (Å²) < 4.78 is 3.40. The van der Waals surface area contributed by atoms with Crippen LogP contribution in [0.5, 0.6) is 0 Å². The molecule has 156 valence electrons. The number of aliphatic hydroxyl groups excluding tert-OH is 1. The summed E-state index contributed by atoms with van der Waals surface area (Å²) >= 11 is 6.44. The summed E-state index contributed by atoms with van der Waals surface area (Å²) in [7, 11) is 1.86. The maximum atomic E-state index is 10.4. The van der Waals surface area contributed by atoms with E-state index >= 15 is 0 Å². The third-order valence-corrected chi connectivity index (χ3v) is 5.53. The number of halogens is 1. The molecule has 10 nitrogen and oxygen atoms in total. The second-order valence-corrected chi connectivity index (χ2v) is 7.81. The zero-order valence-corrected chi connectivity index (χ0v) is 17.3. The van der Waals surface area contributed by atoms with Crippen LogP contribution in [0.25, 0.3) is 27.9 Å². The second-order valence-electron chi connectivity index (χ2n) is 7.40. The Hall–Kier alpha value is -2.79. The molecule has 0 spiro atoms. The Morgan fingerprint density at radius 1 is 1.23 bits per heavy atom. The van der Waals surface area contributed by atoms with E-state index in [0.29, 0.717) is 41.0 Å². The van der Waals surface area contributed by atoms with Crippen LogP contribution < -0.4 is 16.0 Å². The van der Waals surface area contributed by atoms with Crippen LogP contribution in [0, 0.1) is 6.92 Å². The molecule has 0 aliphatic carbocycles. The van der Waals surface area contributed by atoms with E-state index in [2.05, 4.69) is 21.0 Å². The van der Waals surface area contributed by atoms with Gasteiger partial charge in [-0.1, -0.05) is 17.7 Å². The highest BCUT2D eigenvalue weighted by Crippen LogP contribution is 2.29. The van der Waals surface area contributed by atoms with Gasteiger partial charge in [-0.05, 0) is 19.1 Å². The van der Waals surface area contributed by atoms with E-state index in [4.69, 9.17) is 26.7 Å². The molecule has 4 heterocycles. The van der Waals surface area contributed by atoms with E-state index in [1.165, 1.54) is 0 Å². The molecule has 1 fully saturated rings. The molecule has 1 aliphatic rings. The van der Waals surface area contributed by atoms with Crippen LogP contribution in [0.4, 0.5) is 5.95 Å². The van der Waals surface area contributed by atoms with E-state index in [0.717, 1.165) is 23.2 Å². The van der Waals surface area contributed by atoms with E-state index in [1.807, 2.05) is 32.3 Å². The molecule has 1 aromatic carbocycles. The highest BCUT2D eigenvalue weighted by molar-refractivity contribution is 6.35. The van der Waals surface area contributed by atoms with Gasteiger partial charge in [0.05, 0.1) is 27.8 Å². The average Bonchev–Trinajstić information content (AvgIpc) is 3.24. The number of rotatable bonds is 3. The van der Waals surface area contributed by atoms with Crippen molar-refractivity contribution >= 4 is 34.1 Å². The van der Waals surface area contributed by atoms with Crippen molar-refractivity contribution in [1.29, 1.82) is 0 Å². The minimum atomic E-state index is -0.734. The first-order valence-corrected chi connectivity index (χ1v) is 10.1. The van der Waals surface area contributed by atoms with Crippen molar-refractivity contribution in [2.45, 2.75) is 19.2 Å². The van der Waals surface area contributed by atoms with Gasteiger partial charge in [0.1, 0.15) is 6.23 Å². The number of hydrogen-bond donors (Lipinski definition) is 4. The first-order valence-electron chi connectivity index (χ1n) is 9.75. The number of aliphatic hydroxyl groups is 1. The Morgan fingerprint density at radius 2 is 2.10 bits per heavy atom. The number of para-hydroxylation sites is 1. The van der Waals surface area contributed by atoms with Crippen LogP contribution >= 0.6 is 11.6 Å². The highest BCUT2D eigenvalue weighted by Gasteiger charge is 2.24. The van der Waals surface area contributed by atoms with Gasteiger partial charge in [-0.3, -0.25) is 10.00 Å². The second kappa shape index (κ2) is 7.47. The molecule has 4 N–H and O–H groups in total. The number of benzene rings is 1.